The molecule has 7 aromatic carbocycles. The summed E-state index contributed by atoms with van der Waals surface area (Å²) in [6.07, 6.45) is 0. The Kier molecular flexibility index (Phi) is 4.63. The van der Waals surface area contributed by atoms with Crippen LogP contribution in [-0.2, 0) is 0 Å². The molecule has 0 N–H and O–H groups in total. The molecule has 0 aliphatic carbocycles. The van der Waals surface area contributed by atoms with Gasteiger partial charge in [-0.15, -0.1) is 11.3 Å². The zero-order valence-electron chi connectivity index (χ0n) is 23.0. The molecule has 0 bridgehead atoms. The van der Waals surface area contributed by atoms with Crippen molar-refractivity contribution in [3.63, 3.8) is 0 Å². The average molecular weight is 566 g/mol. The number of benzene rings is 7. The van der Waals surface area contributed by atoms with Gasteiger partial charge in [-0.25, -0.2) is 0 Å². The van der Waals surface area contributed by atoms with Crippen LogP contribution in [0.4, 0.5) is 0 Å². The van der Waals surface area contributed by atoms with E-state index < -0.39 is 0 Å². The molecule has 10 aromatic rings. The van der Waals surface area contributed by atoms with Crippen LogP contribution in [0.2, 0.25) is 0 Å². The van der Waals surface area contributed by atoms with Crippen LogP contribution in [0.1, 0.15) is 0 Å². The summed E-state index contributed by atoms with van der Waals surface area (Å²) in [5, 5.41) is 13.3. The molecule has 0 fully saturated rings. The Morgan fingerprint density at radius 1 is 0.465 bits per heavy atom. The number of furan rings is 1. The van der Waals surface area contributed by atoms with Crippen LogP contribution < -0.4 is 0 Å². The number of para-hydroxylation sites is 3. The van der Waals surface area contributed by atoms with E-state index in [2.05, 4.69) is 137 Å². The van der Waals surface area contributed by atoms with E-state index in [-0.39, 0.29) is 0 Å². The maximum atomic E-state index is 6.38. The van der Waals surface area contributed by atoms with E-state index in [1.165, 1.54) is 70.3 Å². The highest BCUT2D eigenvalue weighted by molar-refractivity contribution is 7.17. The third-order valence-electron chi connectivity index (χ3n) is 9.02. The zero-order valence-corrected chi connectivity index (χ0v) is 23.9. The summed E-state index contributed by atoms with van der Waals surface area (Å²) in [5.41, 5.74) is 7.92. The Morgan fingerprint density at radius 3 is 2.21 bits per heavy atom. The summed E-state index contributed by atoms with van der Waals surface area (Å²) in [7, 11) is 0. The summed E-state index contributed by atoms with van der Waals surface area (Å²) in [6, 6.07) is 48.6. The summed E-state index contributed by atoms with van der Waals surface area (Å²) in [6.45, 7) is 0. The molecule has 0 spiro atoms. The van der Waals surface area contributed by atoms with Gasteiger partial charge in [0.2, 0.25) is 0 Å². The van der Waals surface area contributed by atoms with E-state index in [0.717, 1.165) is 21.9 Å². The lowest BCUT2D eigenvalue weighted by molar-refractivity contribution is 0.669. The van der Waals surface area contributed by atoms with Gasteiger partial charge in [-0.1, -0.05) is 60.7 Å². The molecular formula is C40H23NOS. The van der Waals surface area contributed by atoms with Crippen molar-refractivity contribution >= 4 is 86.7 Å². The third-order valence-corrected chi connectivity index (χ3v) is 9.90. The molecule has 3 heteroatoms. The second kappa shape index (κ2) is 8.57. The SMILES string of the molecule is c1ccc(-n2c3ccccc3c3cc(-c4cc5cc6sccc6cc5c5cc6oc7ccccc7c6cc45)ccc32)cc1. The van der Waals surface area contributed by atoms with Crippen molar-refractivity contribution in [1.82, 2.24) is 4.57 Å². The van der Waals surface area contributed by atoms with E-state index in [1.54, 1.807) is 11.3 Å². The Morgan fingerprint density at radius 2 is 1.28 bits per heavy atom. The zero-order chi connectivity index (χ0) is 28.1. The van der Waals surface area contributed by atoms with Gasteiger partial charge in [0.05, 0.1) is 11.0 Å². The van der Waals surface area contributed by atoms with Crippen LogP contribution in [0.3, 0.4) is 0 Å². The molecule has 0 saturated heterocycles. The minimum absolute atomic E-state index is 0.925. The topological polar surface area (TPSA) is 18.1 Å². The van der Waals surface area contributed by atoms with Crippen molar-refractivity contribution in [2.24, 2.45) is 0 Å². The summed E-state index contributed by atoms with van der Waals surface area (Å²) < 4.78 is 10.1. The van der Waals surface area contributed by atoms with Crippen molar-refractivity contribution < 1.29 is 4.42 Å². The molecule has 3 heterocycles. The molecule has 10 rings (SSSR count). The second-order valence-electron chi connectivity index (χ2n) is 11.4. The first-order chi connectivity index (χ1) is 21.3. The van der Waals surface area contributed by atoms with Gasteiger partial charge in [-0.05, 0) is 116 Å². The number of hydrogen-bond acceptors (Lipinski definition) is 2. The summed E-state index contributed by atoms with van der Waals surface area (Å²) in [5.74, 6) is 0. The monoisotopic (exact) mass is 565 g/mol. The van der Waals surface area contributed by atoms with Crippen LogP contribution in [0, 0.1) is 0 Å². The molecule has 0 saturated carbocycles. The van der Waals surface area contributed by atoms with Gasteiger partial charge in [0.1, 0.15) is 11.2 Å². The largest absolute Gasteiger partial charge is 0.456 e. The molecule has 2 nitrogen and oxygen atoms in total. The lowest BCUT2D eigenvalue weighted by Crippen LogP contribution is -1.93. The highest BCUT2D eigenvalue weighted by atomic mass is 32.1. The predicted molar refractivity (Wildman–Crippen MR) is 184 cm³/mol. The van der Waals surface area contributed by atoms with Gasteiger partial charge in [-0.3, -0.25) is 0 Å². The van der Waals surface area contributed by atoms with Gasteiger partial charge < -0.3 is 8.98 Å². The second-order valence-corrected chi connectivity index (χ2v) is 12.3. The maximum absolute atomic E-state index is 6.38. The fourth-order valence-corrected chi connectivity index (χ4v) is 7.88. The number of thiophene rings is 1. The Bertz CT molecular complexity index is 2720. The van der Waals surface area contributed by atoms with Crippen LogP contribution >= 0.6 is 11.3 Å². The van der Waals surface area contributed by atoms with E-state index in [9.17, 15) is 0 Å². The summed E-state index contributed by atoms with van der Waals surface area (Å²) in [4.78, 5) is 0. The van der Waals surface area contributed by atoms with E-state index in [0.29, 0.717) is 0 Å². The summed E-state index contributed by atoms with van der Waals surface area (Å²) >= 11 is 1.80. The first-order valence-corrected chi connectivity index (χ1v) is 15.5. The minimum Gasteiger partial charge on any atom is -0.456 e. The fraction of sp³-hybridized carbons (Fsp3) is 0. The number of rotatable bonds is 2. The van der Waals surface area contributed by atoms with E-state index >= 15 is 0 Å². The normalized spacial score (nSPS) is 12.2. The third kappa shape index (κ3) is 3.28. The van der Waals surface area contributed by atoms with Crippen LogP contribution in [-0.4, -0.2) is 4.57 Å². The van der Waals surface area contributed by atoms with Gasteiger partial charge in [0, 0.05) is 31.9 Å². The lowest BCUT2D eigenvalue weighted by Gasteiger charge is -2.13. The average Bonchev–Trinajstić information content (AvgIpc) is 3.76. The maximum Gasteiger partial charge on any atom is 0.136 e. The highest BCUT2D eigenvalue weighted by Crippen LogP contribution is 2.43. The van der Waals surface area contributed by atoms with Crippen LogP contribution in [0.25, 0.3) is 92.2 Å². The number of hydrogen-bond donors (Lipinski definition) is 0. The van der Waals surface area contributed by atoms with Gasteiger partial charge >= 0.3 is 0 Å². The Labute approximate surface area is 250 Å². The Balaban J connectivity index is 1.33. The smallest absolute Gasteiger partial charge is 0.136 e. The molecule has 0 aliphatic heterocycles. The standard InChI is InChI=1S/C40H23NOS/c1-2-8-27(9-3-1)41-36-12-6-4-10-28(36)34-18-24(14-15-37(34)41)30-20-26-21-40-25(16-17-43-40)19-31(26)33-23-39-35(22-32(30)33)29-11-5-7-13-38(29)42-39/h1-23H. The fourth-order valence-electron chi connectivity index (χ4n) is 7.06. The van der Waals surface area contributed by atoms with E-state index in [4.69, 9.17) is 4.42 Å². The van der Waals surface area contributed by atoms with Crippen molar-refractivity contribution in [1.29, 1.82) is 0 Å². The quantitative estimate of drug-likeness (QED) is 0.191. The highest BCUT2D eigenvalue weighted by Gasteiger charge is 2.17. The Hall–Kier alpha value is -5.38. The molecule has 3 aromatic heterocycles. The van der Waals surface area contributed by atoms with Crippen molar-refractivity contribution in [2.45, 2.75) is 0 Å². The molecule has 0 atom stereocenters. The number of fused-ring (bicyclic) bond motifs is 10. The first kappa shape index (κ1) is 23.2. The molecule has 0 aliphatic rings. The minimum atomic E-state index is 0.925. The molecule has 0 amide bonds. The van der Waals surface area contributed by atoms with Crippen LogP contribution in [0.15, 0.2) is 143 Å². The lowest BCUT2D eigenvalue weighted by atomic mass is 9.91. The van der Waals surface area contributed by atoms with E-state index in [1.807, 2.05) is 6.07 Å². The molecule has 200 valence electrons. The predicted octanol–water partition coefficient (Wildman–Crippen LogP) is 11.9. The van der Waals surface area contributed by atoms with Crippen molar-refractivity contribution in [3.8, 4) is 16.8 Å². The molecule has 0 unspecified atom stereocenters. The number of nitrogens with zero attached hydrogens (tertiary/aromatic N) is 1. The van der Waals surface area contributed by atoms with Gasteiger partial charge in [0.25, 0.3) is 0 Å². The van der Waals surface area contributed by atoms with Gasteiger partial charge in [-0.2, -0.15) is 0 Å². The first-order valence-electron chi connectivity index (χ1n) is 14.6. The van der Waals surface area contributed by atoms with Gasteiger partial charge in [0.15, 0.2) is 0 Å². The van der Waals surface area contributed by atoms with Crippen molar-refractivity contribution in [3.05, 3.63) is 139 Å². The molecular weight excluding hydrogens is 543 g/mol. The van der Waals surface area contributed by atoms with Crippen LogP contribution in [0.5, 0.6) is 0 Å². The molecule has 43 heavy (non-hydrogen) atoms. The number of aromatic nitrogens is 1. The van der Waals surface area contributed by atoms with Crippen molar-refractivity contribution in [2.75, 3.05) is 0 Å². The molecule has 0 radical (unpaired) electrons.